The van der Waals surface area contributed by atoms with Crippen LogP contribution in [0.5, 0.6) is 0 Å². The fourth-order valence-electron chi connectivity index (χ4n) is 3.46. The molecular formula is C19H20F3N7O2S. The van der Waals surface area contributed by atoms with Crippen LogP contribution in [0, 0.1) is 11.8 Å². The summed E-state index contributed by atoms with van der Waals surface area (Å²) in [7, 11) is 1.67. The Morgan fingerprint density at radius 3 is 2.94 bits per heavy atom. The highest BCUT2D eigenvalue weighted by Crippen LogP contribution is 2.35. The van der Waals surface area contributed by atoms with Gasteiger partial charge in [0.25, 0.3) is 5.91 Å². The van der Waals surface area contributed by atoms with Crippen molar-refractivity contribution in [2.24, 2.45) is 12.8 Å². The molecule has 0 saturated carbocycles. The molecule has 5 N–H and O–H groups in total. The molecule has 0 aromatic carbocycles. The van der Waals surface area contributed by atoms with Gasteiger partial charge in [-0.25, -0.2) is 18.7 Å². The van der Waals surface area contributed by atoms with Crippen LogP contribution in [0.25, 0.3) is 10.6 Å². The van der Waals surface area contributed by atoms with Crippen LogP contribution in [0.4, 0.5) is 23.9 Å². The van der Waals surface area contributed by atoms with Crippen molar-refractivity contribution >= 4 is 27.9 Å². The number of aromatic nitrogens is 4. The summed E-state index contributed by atoms with van der Waals surface area (Å²) in [6.07, 6.45) is 1.56. The van der Waals surface area contributed by atoms with E-state index in [4.69, 9.17) is 16.2 Å². The van der Waals surface area contributed by atoms with Gasteiger partial charge < -0.3 is 21.5 Å². The second-order valence-electron chi connectivity index (χ2n) is 7.30. The van der Waals surface area contributed by atoms with Crippen LogP contribution in [0.15, 0.2) is 18.5 Å². The molecule has 1 fully saturated rings. The fourth-order valence-corrected chi connectivity index (χ4v) is 4.30. The van der Waals surface area contributed by atoms with Gasteiger partial charge in [0.05, 0.1) is 29.7 Å². The summed E-state index contributed by atoms with van der Waals surface area (Å²) in [5.74, 6) is -3.12. The number of nitrogens with one attached hydrogen (secondary N) is 1. The highest BCUT2D eigenvalue weighted by Gasteiger charge is 2.30. The van der Waals surface area contributed by atoms with E-state index in [-0.39, 0.29) is 27.9 Å². The molecule has 1 aliphatic heterocycles. The van der Waals surface area contributed by atoms with E-state index in [0.717, 1.165) is 17.5 Å². The van der Waals surface area contributed by atoms with Crippen LogP contribution in [0.2, 0.25) is 0 Å². The van der Waals surface area contributed by atoms with Gasteiger partial charge >= 0.3 is 0 Å². The number of hydrogen-bond donors (Lipinski definition) is 3. The molecule has 0 spiro atoms. The largest absolute Gasteiger partial charge is 0.389 e. The number of pyridine rings is 1. The Morgan fingerprint density at radius 2 is 2.16 bits per heavy atom. The summed E-state index contributed by atoms with van der Waals surface area (Å²) in [6.45, 7) is -0.166. The van der Waals surface area contributed by atoms with E-state index in [1.807, 2.05) is 0 Å². The Kier molecular flexibility index (Phi) is 6.13. The van der Waals surface area contributed by atoms with Crippen molar-refractivity contribution in [3.8, 4) is 10.6 Å². The molecule has 170 valence electrons. The van der Waals surface area contributed by atoms with Crippen molar-refractivity contribution in [1.29, 1.82) is 0 Å². The number of carbonyl (C=O) groups is 1. The van der Waals surface area contributed by atoms with E-state index >= 15 is 0 Å². The number of aryl methyl sites for hydroxylation is 1. The molecule has 9 nitrogen and oxygen atoms in total. The summed E-state index contributed by atoms with van der Waals surface area (Å²) in [5.41, 5.74) is 12.3. The third-order valence-corrected chi connectivity index (χ3v) is 6.08. The lowest BCUT2D eigenvalue weighted by Gasteiger charge is -2.17. The molecule has 4 heterocycles. The third kappa shape index (κ3) is 4.18. The Bertz CT molecular complexity index is 1140. The number of halogens is 3. The third-order valence-electron chi connectivity index (χ3n) is 5.17. The van der Waals surface area contributed by atoms with Crippen molar-refractivity contribution in [2.45, 2.75) is 31.2 Å². The maximum absolute atomic E-state index is 14.1. The van der Waals surface area contributed by atoms with Gasteiger partial charge in [-0.3, -0.25) is 9.48 Å². The average Bonchev–Trinajstić information content (AvgIpc) is 3.27. The summed E-state index contributed by atoms with van der Waals surface area (Å²) in [4.78, 5) is 20.2. The van der Waals surface area contributed by atoms with Gasteiger partial charge in [-0.05, 0) is 18.9 Å². The first-order chi connectivity index (χ1) is 15.3. The Morgan fingerprint density at radius 1 is 1.38 bits per heavy atom. The van der Waals surface area contributed by atoms with Crippen molar-refractivity contribution in [3.63, 3.8) is 0 Å². The van der Waals surface area contributed by atoms with E-state index in [1.54, 1.807) is 7.05 Å². The standard InChI is InChI=1S/C19H20F3N7O2S/c1-29-15(12-3-2-10(23)9(20)7-31-12)11(6-26-29)27-18(30)14-17(24)32-19(28-14)8-4-5-25-16(22)13(8)21/h4-6,9-10,12H,2-3,7,23-24H2,1H3,(H,27,30)/t9-,10+,12-/m0/s1. The quantitative estimate of drug-likeness (QED) is 0.502. The molecule has 1 amide bonds. The Labute approximate surface area is 184 Å². The summed E-state index contributed by atoms with van der Waals surface area (Å²) < 4.78 is 48.6. The molecule has 0 radical (unpaired) electrons. The predicted molar refractivity (Wildman–Crippen MR) is 112 cm³/mol. The number of nitrogen functional groups attached to an aromatic ring is 1. The number of rotatable bonds is 4. The number of nitrogens with two attached hydrogens (primary N) is 2. The number of anilines is 2. The molecule has 0 unspecified atom stereocenters. The molecular weight excluding hydrogens is 447 g/mol. The molecule has 0 aliphatic carbocycles. The van der Waals surface area contributed by atoms with Gasteiger partial charge in [0.2, 0.25) is 5.95 Å². The van der Waals surface area contributed by atoms with Gasteiger partial charge in [-0.1, -0.05) is 11.3 Å². The number of ether oxygens (including phenoxy) is 1. The minimum Gasteiger partial charge on any atom is -0.389 e. The molecule has 32 heavy (non-hydrogen) atoms. The van der Waals surface area contributed by atoms with E-state index in [2.05, 4.69) is 20.4 Å². The normalized spacial score (nSPS) is 21.3. The lowest BCUT2D eigenvalue weighted by molar-refractivity contribution is 0.0247. The second kappa shape index (κ2) is 8.84. The molecule has 1 saturated heterocycles. The zero-order valence-corrected chi connectivity index (χ0v) is 17.7. The van der Waals surface area contributed by atoms with E-state index < -0.39 is 36.0 Å². The Hall–Kier alpha value is -3.03. The molecule has 3 aromatic rings. The summed E-state index contributed by atoms with van der Waals surface area (Å²) >= 11 is 0.840. The average molecular weight is 467 g/mol. The lowest BCUT2D eigenvalue weighted by atomic mass is 10.0. The summed E-state index contributed by atoms with van der Waals surface area (Å²) in [5, 5.41) is 6.89. The molecule has 13 heteroatoms. The van der Waals surface area contributed by atoms with Crippen molar-refractivity contribution in [3.05, 3.63) is 41.6 Å². The zero-order chi connectivity index (χ0) is 23.0. The number of hydrogen-bond acceptors (Lipinski definition) is 8. The van der Waals surface area contributed by atoms with Crippen LogP contribution in [0.3, 0.4) is 0 Å². The monoisotopic (exact) mass is 467 g/mol. The molecule has 4 rings (SSSR count). The van der Waals surface area contributed by atoms with E-state index in [9.17, 15) is 18.0 Å². The molecule has 0 bridgehead atoms. The maximum Gasteiger partial charge on any atom is 0.277 e. The first-order valence-corrected chi connectivity index (χ1v) is 10.5. The van der Waals surface area contributed by atoms with Crippen LogP contribution >= 0.6 is 11.3 Å². The minimum atomic E-state index is -1.28. The first kappa shape index (κ1) is 22.2. The Balaban J connectivity index is 1.58. The number of nitrogens with zero attached hydrogens (tertiary/aromatic N) is 4. The molecule has 3 aromatic heterocycles. The smallest absolute Gasteiger partial charge is 0.277 e. The topological polar surface area (TPSA) is 134 Å². The highest BCUT2D eigenvalue weighted by molar-refractivity contribution is 7.19. The van der Waals surface area contributed by atoms with E-state index in [0.29, 0.717) is 24.2 Å². The highest BCUT2D eigenvalue weighted by atomic mass is 32.1. The molecule has 3 atom stereocenters. The van der Waals surface area contributed by atoms with Gasteiger partial charge in [0.15, 0.2) is 11.5 Å². The maximum atomic E-state index is 14.1. The van der Waals surface area contributed by atoms with Gasteiger partial charge in [0.1, 0.15) is 22.3 Å². The first-order valence-electron chi connectivity index (χ1n) is 9.67. The van der Waals surface area contributed by atoms with Gasteiger partial charge in [0, 0.05) is 19.3 Å². The van der Waals surface area contributed by atoms with Crippen LogP contribution in [-0.4, -0.2) is 44.5 Å². The summed E-state index contributed by atoms with van der Waals surface area (Å²) in [6, 6.07) is 0.613. The number of alkyl halides is 1. The number of amides is 1. The van der Waals surface area contributed by atoms with Crippen LogP contribution in [0.1, 0.15) is 35.1 Å². The second-order valence-corrected chi connectivity index (χ2v) is 8.33. The SMILES string of the molecule is Cn1ncc(NC(=O)c2nc(-c3ccnc(F)c3F)sc2N)c1[C@@H]1CC[C@@H](N)[C@@H](F)CO1. The zero-order valence-electron chi connectivity index (χ0n) is 16.9. The lowest BCUT2D eigenvalue weighted by Crippen LogP contribution is -2.32. The van der Waals surface area contributed by atoms with Crippen LogP contribution < -0.4 is 16.8 Å². The fraction of sp³-hybridized carbons (Fsp3) is 0.368. The van der Waals surface area contributed by atoms with E-state index in [1.165, 1.54) is 16.9 Å². The van der Waals surface area contributed by atoms with Crippen molar-refractivity contribution in [1.82, 2.24) is 19.7 Å². The minimum absolute atomic E-state index is 0.0246. The predicted octanol–water partition coefficient (Wildman–Crippen LogP) is 2.57. The number of carbonyl (C=O) groups excluding carboxylic acids is 1. The molecule has 1 aliphatic rings. The van der Waals surface area contributed by atoms with Gasteiger partial charge in [-0.2, -0.15) is 9.49 Å². The van der Waals surface area contributed by atoms with Gasteiger partial charge in [-0.15, -0.1) is 0 Å². The van der Waals surface area contributed by atoms with Crippen molar-refractivity contribution < 1.29 is 22.7 Å². The number of thiazole rings is 1. The van der Waals surface area contributed by atoms with Crippen LogP contribution in [-0.2, 0) is 11.8 Å². The van der Waals surface area contributed by atoms with Crippen molar-refractivity contribution in [2.75, 3.05) is 17.7 Å².